The number of hydrogen-bond acceptors (Lipinski definition) is 4. The molecule has 5 nitrogen and oxygen atoms in total. The molecule has 3 saturated heterocycles. The number of nitrogens with zero attached hydrogens (tertiary/aromatic N) is 3. The summed E-state index contributed by atoms with van der Waals surface area (Å²) in [6.07, 6.45) is 9.06. The number of rotatable bonds is 5. The second kappa shape index (κ2) is 9.11. The molecule has 1 saturated carbocycles. The van der Waals surface area contributed by atoms with Gasteiger partial charge in [-0.1, -0.05) is 30.3 Å². The van der Waals surface area contributed by atoms with Crippen LogP contribution in [0.3, 0.4) is 0 Å². The summed E-state index contributed by atoms with van der Waals surface area (Å²) in [5.74, 6) is 0.863. The van der Waals surface area contributed by atoms with Gasteiger partial charge in [0.1, 0.15) is 0 Å². The van der Waals surface area contributed by atoms with Crippen LogP contribution in [-0.2, 0) is 11.3 Å². The van der Waals surface area contributed by atoms with Crippen molar-refractivity contribution in [2.24, 2.45) is 11.3 Å². The summed E-state index contributed by atoms with van der Waals surface area (Å²) in [4.78, 5) is 19.5. The Morgan fingerprint density at radius 2 is 1.84 bits per heavy atom. The van der Waals surface area contributed by atoms with Gasteiger partial charge < -0.3 is 14.5 Å². The van der Waals surface area contributed by atoms with E-state index in [4.69, 9.17) is 4.74 Å². The highest BCUT2D eigenvalue weighted by Crippen LogP contribution is 2.51. The molecule has 31 heavy (non-hydrogen) atoms. The van der Waals surface area contributed by atoms with Gasteiger partial charge in [-0.3, -0.25) is 4.90 Å². The second-order valence-electron chi connectivity index (χ2n) is 10.5. The molecule has 1 aliphatic carbocycles. The Hall–Kier alpha value is -1.59. The maximum atomic E-state index is 12.0. The maximum Gasteiger partial charge on any atom is 0.409 e. The number of amides is 1. The highest BCUT2D eigenvalue weighted by Gasteiger charge is 2.51. The SMILES string of the molecule is CCOC(=O)N1CCC2(CC(N3CCC([C@@H]4CCCN4Cc4ccccc4)CC3)C2)C1. The first-order chi connectivity index (χ1) is 15.2. The molecule has 0 aromatic heterocycles. The fraction of sp³-hybridized carbons (Fsp3) is 0.731. The van der Waals surface area contributed by atoms with Gasteiger partial charge in [0, 0.05) is 31.7 Å². The van der Waals surface area contributed by atoms with Crippen LogP contribution in [0.1, 0.15) is 57.4 Å². The first kappa shape index (κ1) is 21.3. The monoisotopic (exact) mass is 425 g/mol. The zero-order valence-electron chi connectivity index (χ0n) is 19.2. The van der Waals surface area contributed by atoms with Crippen molar-refractivity contribution < 1.29 is 9.53 Å². The molecule has 3 heterocycles. The topological polar surface area (TPSA) is 36.0 Å². The van der Waals surface area contributed by atoms with Crippen LogP contribution in [0, 0.1) is 11.3 Å². The van der Waals surface area contributed by atoms with E-state index < -0.39 is 0 Å². The smallest absolute Gasteiger partial charge is 0.409 e. The largest absolute Gasteiger partial charge is 0.450 e. The average Bonchev–Trinajstić information content (AvgIpc) is 3.42. The fourth-order valence-corrected chi connectivity index (χ4v) is 6.91. The van der Waals surface area contributed by atoms with Crippen LogP contribution in [0.15, 0.2) is 30.3 Å². The quantitative estimate of drug-likeness (QED) is 0.702. The standard InChI is InChI=1S/C26H39N3O2/c1-2-31-25(30)29-16-12-26(20-29)17-23(18-26)27-14-10-22(11-15-27)24-9-6-13-28(24)19-21-7-4-3-5-8-21/h3-5,7-8,22-24H,2,6,9-20H2,1H3/t23?,24-,26?/m0/s1. The lowest BCUT2D eigenvalue weighted by atomic mass is 9.64. The van der Waals surface area contributed by atoms with Gasteiger partial charge in [-0.05, 0) is 88.4 Å². The molecule has 4 fully saturated rings. The van der Waals surface area contributed by atoms with E-state index in [2.05, 4.69) is 40.1 Å². The Kier molecular flexibility index (Phi) is 6.25. The molecular formula is C26H39N3O2. The number of likely N-dealkylation sites (tertiary alicyclic amines) is 3. The minimum atomic E-state index is -0.111. The van der Waals surface area contributed by atoms with Crippen LogP contribution in [-0.4, -0.2) is 72.2 Å². The molecule has 4 aliphatic rings. The van der Waals surface area contributed by atoms with Crippen molar-refractivity contribution in [3.05, 3.63) is 35.9 Å². The van der Waals surface area contributed by atoms with Crippen molar-refractivity contribution in [1.82, 2.24) is 14.7 Å². The van der Waals surface area contributed by atoms with E-state index in [0.29, 0.717) is 12.0 Å². The summed E-state index contributed by atoms with van der Waals surface area (Å²) in [6.45, 7) is 9.08. The molecule has 5 rings (SSSR count). The highest BCUT2D eigenvalue weighted by atomic mass is 16.6. The third-order valence-corrected chi connectivity index (χ3v) is 8.58. The minimum Gasteiger partial charge on any atom is -0.450 e. The summed E-state index contributed by atoms with van der Waals surface area (Å²) in [5.41, 5.74) is 1.84. The number of benzene rings is 1. The summed E-state index contributed by atoms with van der Waals surface area (Å²) < 4.78 is 5.21. The van der Waals surface area contributed by atoms with Gasteiger partial charge in [0.25, 0.3) is 0 Å². The van der Waals surface area contributed by atoms with Crippen molar-refractivity contribution in [1.29, 1.82) is 0 Å². The van der Waals surface area contributed by atoms with E-state index in [9.17, 15) is 4.79 Å². The third-order valence-electron chi connectivity index (χ3n) is 8.58. The van der Waals surface area contributed by atoms with Crippen LogP contribution < -0.4 is 0 Å². The van der Waals surface area contributed by atoms with Crippen molar-refractivity contribution in [3.63, 3.8) is 0 Å². The molecule has 1 amide bonds. The summed E-state index contributed by atoms with van der Waals surface area (Å²) >= 11 is 0. The minimum absolute atomic E-state index is 0.111. The van der Waals surface area contributed by atoms with Crippen molar-refractivity contribution in [3.8, 4) is 0 Å². The first-order valence-corrected chi connectivity index (χ1v) is 12.6. The van der Waals surface area contributed by atoms with Crippen molar-refractivity contribution >= 4 is 6.09 Å². The molecule has 0 N–H and O–H groups in total. The third kappa shape index (κ3) is 4.49. The number of ether oxygens (including phenoxy) is 1. The Labute approximate surface area is 187 Å². The molecule has 0 radical (unpaired) electrons. The molecule has 3 aliphatic heterocycles. The molecule has 0 unspecified atom stereocenters. The van der Waals surface area contributed by atoms with E-state index in [1.165, 1.54) is 63.7 Å². The van der Waals surface area contributed by atoms with Gasteiger partial charge in [0.2, 0.25) is 0 Å². The van der Waals surface area contributed by atoms with Gasteiger partial charge in [-0.15, -0.1) is 0 Å². The van der Waals surface area contributed by atoms with E-state index in [1.807, 2.05) is 11.8 Å². The van der Waals surface area contributed by atoms with Gasteiger partial charge >= 0.3 is 6.09 Å². The molecule has 1 spiro atoms. The average molecular weight is 426 g/mol. The fourth-order valence-electron chi connectivity index (χ4n) is 6.91. The zero-order chi connectivity index (χ0) is 21.3. The first-order valence-electron chi connectivity index (χ1n) is 12.6. The molecule has 1 aromatic rings. The van der Waals surface area contributed by atoms with E-state index in [1.54, 1.807) is 0 Å². The lowest BCUT2D eigenvalue weighted by molar-refractivity contribution is -0.0162. The predicted octanol–water partition coefficient (Wildman–Crippen LogP) is 4.37. The van der Waals surface area contributed by atoms with Gasteiger partial charge in [0.15, 0.2) is 0 Å². The lowest BCUT2D eigenvalue weighted by Crippen LogP contribution is -2.55. The lowest BCUT2D eigenvalue weighted by Gasteiger charge is -2.52. The van der Waals surface area contributed by atoms with Crippen LogP contribution >= 0.6 is 0 Å². The van der Waals surface area contributed by atoms with Crippen LogP contribution in [0.2, 0.25) is 0 Å². The van der Waals surface area contributed by atoms with Crippen molar-refractivity contribution in [2.75, 3.05) is 39.3 Å². The van der Waals surface area contributed by atoms with Crippen LogP contribution in [0.25, 0.3) is 0 Å². The van der Waals surface area contributed by atoms with E-state index in [-0.39, 0.29) is 6.09 Å². The number of piperidine rings is 1. The molecule has 0 bridgehead atoms. The molecule has 5 heteroatoms. The number of hydrogen-bond donors (Lipinski definition) is 0. The Morgan fingerprint density at radius 1 is 1.06 bits per heavy atom. The van der Waals surface area contributed by atoms with Gasteiger partial charge in [0.05, 0.1) is 6.61 Å². The highest BCUT2D eigenvalue weighted by molar-refractivity contribution is 5.68. The maximum absolute atomic E-state index is 12.0. The molecular weight excluding hydrogens is 386 g/mol. The van der Waals surface area contributed by atoms with E-state index in [0.717, 1.165) is 44.1 Å². The number of carbonyl (C=O) groups is 1. The van der Waals surface area contributed by atoms with Gasteiger partial charge in [-0.25, -0.2) is 4.79 Å². The van der Waals surface area contributed by atoms with Crippen molar-refractivity contribution in [2.45, 2.75) is 70.5 Å². The summed E-state index contributed by atoms with van der Waals surface area (Å²) in [5, 5.41) is 0. The predicted molar refractivity (Wildman–Crippen MR) is 123 cm³/mol. The van der Waals surface area contributed by atoms with E-state index >= 15 is 0 Å². The van der Waals surface area contributed by atoms with Gasteiger partial charge in [-0.2, -0.15) is 0 Å². The molecule has 1 aromatic carbocycles. The Balaban J connectivity index is 1.08. The molecule has 1 atom stereocenters. The zero-order valence-corrected chi connectivity index (χ0v) is 19.2. The normalized spacial score (nSPS) is 32.5. The number of carbonyl (C=O) groups excluding carboxylic acids is 1. The van der Waals surface area contributed by atoms with Crippen LogP contribution in [0.5, 0.6) is 0 Å². The second-order valence-corrected chi connectivity index (χ2v) is 10.5. The summed E-state index contributed by atoms with van der Waals surface area (Å²) in [7, 11) is 0. The van der Waals surface area contributed by atoms with Crippen LogP contribution in [0.4, 0.5) is 4.79 Å². The summed E-state index contributed by atoms with van der Waals surface area (Å²) in [6, 6.07) is 12.5. The molecule has 170 valence electrons. The Bertz CT molecular complexity index is 740. The Morgan fingerprint density at radius 3 is 2.58 bits per heavy atom.